The maximum absolute atomic E-state index is 12.5. The van der Waals surface area contributed by atoms with Crippen molar-refractivity contribution in [2.75, 3.05) is 5.75 Å². The summed E-state index contributed by atoms with van der Waals surface area (Å²) in [6.07, 6.45) is 0.599. The number of nitrogens with two attached hydrogens (primary N) is 1. The summed E-state index contributed by atoms with van der Waals surface area (Å²) in [5.74, 6) is -0.651. The van der Waals surface area contributed by atoms with Gasteiger partial charge in [0, 0.05) is 6.04 Å². The van der Waals surface area contributed by atoms with E-state index in [1.807, 2.05) is 13.8 Å². The first-order chi connectivity index (χ1) is 9.42. The number of carbonyl (C=O) groups excluding carboxylic acids is 1. The van der Waals surface area contributed by atoms with E-state index < -0.39 is 38.3 Å². The van der Waals surface area contributed by atoms with Crippen LogP contribution in [0.5, 0.6) is 0 Å². The monoisotopic (exact) mass is 315 g/mol. The quantitative estimate of drug-likeness (QED) is 0.824. The number of hydrogen-bond donors (Lipinski definition) is 1. The lowest BCUT2D eigenvalue weighted by atomic mass is 10.0. The second-order valence-corrected chi connectivity index (χ2v) is 9.63. The molecule has 1 saturated heterocycles. The van der Waals surface area contributed by atoms with E-state index in [9.17, 15) is 13.2 Å². The predicted molar refractivity (Wildman–Crippen MR) is 81.0 cm³/mol. The molecule has 0 radical (unpaired) electrons. The van der Waals surface area contributed by atoms with Gasteiger partial charge in [0.1, 0.15) is 6.04 Å². The van der Waals surface area contributed by atoms with Crippen molar-refractivity contribution in [3.05, 3.63) is 0 Å². The maximum Gasteiger partial charge on any atom is 0.241 e. The van der Waals surface area contributed by atoms with Crippen LogP contribution in [-0.2, 0) is 14.6 Å². The van der Waals surface area contributed by atoms with Gasteiger partial charge >= 0.3 is 0 Å². The third-order valence-corrected chi connectivity index (χ3v) is 6.91. The van der Waals surface area contributed by atoms with Crippen molar-refractivity contribution in [3.8, 4) is 6.07 Å². The number of sulfone groups is 1. The number of hydrogen-bond acceptors (Lipinski definition) is 5. The minimum Gasteiger partial charge on any atom is -0.322 e. The van der Waals surface area contributed by atoms with Crippen molar-refractivity contribution in [2.24, 2.45) is 11.7 Å². The highest BCUT2D eigenvalue weighted by atomic mass is 32.2. The van der Waals surface area contributed by atoms with Crippen LogP contribution < -0.4 is 5.73 Å². The van der Waals surface area contributed by atoms with Crippen molar-refractivity contribution in [2.45, 2.75) is 63.9 Å². The molecule has 0 aromatic carbocycles. The van der Waals surface area contributed by atoms with E-state index in [4.69, 9.17) is 11.0 Å². The minimum absolute atomic E-state index is 0.106. The van der Waals surface area contributed by atoms with E-state index in [2.05, 4.69) is 6.07 Å². The van der Waals surface area contributed by atoms with E-state index >= 15 is 0 Å². The van der Waals surface area contributed by atoms with Gasteiger partial charge in [-0.05, 0) is 40.0 Å². The predicted octanol–water partition coefficient (Wildman–Crippen LogP) is 0.676. The van der Waals surface area contributed by atoms with E-state index in [-0.39, 0.29) is 12.0 Å². The van der Waals surface area contributed by atoms with E-state index in [1.165, 1.54) is 4.90 Å². The lowest BCUT2D eigenvalue weighted by Crippen LogP contribution is -2.52. The highest BCUT2D eigenvalue weighted by Crippen LogP contribution is 2.30. The van der Waals surface area contributed by atoms with Gasteiger partial charge in [-0.2, -0.15) is 5.26 Å². The first kappa shape index (κ1) is 17.9. The van der Waals surface area contributed by atoms with Gasteiger partial charge in [0.15, 0.2) is 9.84 Å². The van der Waals surface area contributed by atoms with Gasteiger partial charge in [0.2, 0.25) is 5.91 Å². The molecule has 1 fully saturated rings. The lowest BCUT2D eigenvalue weighted by Gasteiger charge is -2.29. The molecule has 1 heterocycles. The van der Waals surface area contributed by atoms with Gasteiger partial charge in [-0.1, -0.05) is 6.92 Å². The number of carbonyl (C=O) groups is 1. The molecule has 0 aromatic rings. The van der Waals surface area contributed by atoms with Gasteiger partial charge in [0.05, 0.1) is 22.6 Å². The number of rotatable bonds is 3. The molecule has 1 aliphatic rings. The molecule has 6 nitrogen and oxygen atoms in total. The molecule has 1 amide bonds. The minimum atomic E-state index is -3.48. The standard InChI is InChI=1S/C14H25N3O3S/c1-9-6-11(7-15)17(10(9)2)13(18)12(16)8-21(19,20)14(3,4)5/h9-12H,6,8,16H2,1-5H3/t9-,10?,11-,12-/m0/s1. The van der Waals surface area contributed by atoms with Crippen molar-refractivity contribution in [1.29, 1.82) is 5.26 Å². The molecule has 120 valence electrons. The number of likely N-dealkylation sites (tertiary alicyclic amines) is 1. The Morgan fingerprint density at radius 3 is 2.38 bits per heavy atom. The lowest BCUT2D eigenvalue weighted by molar-refractivity contribution is -0.134. The summed E-state index contributed by atoms with van der Waals surface area (Å²) in [7, 11) is -3.48. The van der Waals surface area contributed by atoms with Crippen LogP contribution in [0.2, 0.25) is 0 Å². The first-order valence-corrected chi connectivity index (χ1v) is 8.77. The number of nitrogens with zero attached hydrogens (tertiary/aromatic N) is 2. The van der Waals surface area contributed by atoms with E-state index in [0.717, 1.165) is 0 Å². The van der Waals surface area contributed by atoms with Crippen LogP contribution in [0.3, 0.4) is 0 Å². The Hall–Kier alpha value is -1.13. The molecule has 7 heteroatoms. The summed E-state index contributed by atoms with van der Waals surface area (Å²) in [6.45, 7) is 8.58. The fourth-order valence-corrected chi connectivity index (χ4v) is 3.55. The highest BCUT2D eigenvalue weighted by molar-refractivity contribution is 7.92. The largest absolute Gasteiger partial charge is 0.322 e. The molecule has 0 saturated carbocycles. The Balaban J connectivity index is 2.92. The van der Waals surface area contributed by atoms with Gasteiger partial charge < -0.3 is 10.6 Å². The summed E-state index contributed by atoms with van der Waals surface area (Å²) >= 11 is 0. The summed E-state index contributed by atoms with van der Waals surface area (Å²) in [5, 5.41) is 9.16. The summed E-state index contributed by atoms with van der Waals surface area (Å²) < 4.78 is 23.4. The summed E-state index contributed by atoms with van der Waals surface area (Å²) in [5.41, 5.74) is 5.82. The fourth-order valence-electron chi connectivity index (χ4n) is 2.44. The third kappa shape index (κ3) is 3.55. The highest BCUT2D eigenvalue weighted by Gasteiger charge is 2.42. The van der Waals surface area contributed by atoms with Crippen LogP contribution in [0.4, 0.5) is 0 Å². The Morgan fingerprint density at radius 1 is 1.43 bits per heavy atom. The average Bonchev–Trinajstić information content (AvgIpc) is 2.62. The molecular formula is C14H25N3O3S. The summed E-state index contributed by atoms with van der Waals surface area (Å²) in [6, 6.07) is 0.348. The molecule has 2 N–H and O–H groups in total. The molecule has 4 atom stereocenters. The van der Waals surface area contributed by atoms with E-state index in [1.54, 1.807) is 20.8 Å². The topological polar surface area (TPSA) is 104 Å². The second-order valence-electron chi connectivity index (χ2n) is 6.84. The molecule has 1 unspecified atom stereocenters. The SMILES string of the molecule is CC1[C@@H](C)C[C@@H](C#N)N1C(=O)[C@@H](N)CS(=O)(=O)C(C)(C)C. The van der Waals surface area contributed by atoms with Gasteiger partial charge in [-0.25, -0.2) is 8.42 Å². The van der Waals surface area contributed by atoms with Gasteiger partial charge in [-0.3, -0.25) is 4.79 Å². The maximum atomic E-state index is 12.5. The molecule has 0 aliphatic carbocycles. The third-order valence-electron chi connectivity index (χ3n) is 4.25. The number of amides is 1. The molecule has 0 bridgehead atoms. The van der Waals surface area contributed by atoms with Crippen molar-refractivity contribution >= 4 is 15.7 Å². The second kappa shape index (κ2) is 5.93. The molecule has 21 heavy (non-hydrogen) atoms. The first-order valence-electron chi connectivity index (χ1n) is 7.12. The fraction of sp³-hybridized carbons (Fsp3) is 0.857. The Kier molecular flexibility index (Phi) is 5.06. The van der Waals surface area contributed by atoms with E-state index in [0.29, 0.717) is 6.42 Å². The molecule has 1 aliphatic heterocycles. The molecule has 0 aromatic heterocycles. The van der Waals surface area contributed by atoms with Crippen LogP contribution in [0.1, 0.15) is 41.0 Å². The van der Waals surface area contributed by atoms with Crippen LogP contribution in [0, 0.1) is 17.2 Å². The van der Waals surface area contributed by atoms with Crippen LogP contribution in [0.15, 0.2) is 0 Å². The Bertz CT molecular complexity index is 545. The van der Waals surface area contributed by atoms with Crippen molar-refractivity contribution < 1.29 is 13.2 Å². The summed E-state index contributed by atoms with van der Waals surface area (Å²) in [4.78, 5) is 13.9. The zero-order chi connectivity index (χ0) is 16.6. The Labute approximate surface area is 127 Å². The van der Waals surface area contributed by atoms with Crippen molar-refractivity contribution in [1.82, 2.24) is 4.90 Å². The van der Waals surface area contributed by atoms with Gasteiger partial charge in [-0.15, -0.1) is 0 Å². The Morgan fingerprint density at radius 2 is 1.95 bits per heavy atom. The number of nitriles is 1. The smallest absolute Gasteiger partial charge is 0.241 e. The van der Waals surface area contributed by atoms with Crippen LogP contribution >= 0.6 is 0 Å². The van der Waals surface area contributed by atoms with Crippen LogP contribution in [0.25, 0.3) is 0 Å². The average molecular weight is 315 g/mol. The molecule has 1 rings (SSSR count). The zero-order valence-corrected chi connectivity index (χ0v) is 14.1. The zero-order valence-electron chi connectivity index (χ0n) is 13.3. The molecular weight excluding hydrogens is 290 g/mol. The van der Waals surface area contributed by atoms with Crippen LogP contribution in [-0.4, -0.2) is 47.9 Å². The molecule has 0 spiro atoms. The van der Waals surface area contributed by atoms with Gasteiger partial charge in [0.25, 0.3) is 0 Å². The van der Waals surface area contributed by atoms with Crippen molar-refractivity contribution in [3.63, 3.8) is 0 Å². The normalized spacial score (nSPS) is 28.2.